The van der Waals surface area contributed by atoms with Crippen LogP contribution in [0.4, 0.5) is 0 Å². The van der Waals surface area contributed by atoms with Gasteiger partial charge in [-0.1, -0.05) is 24.3 Å². The maximum Gasteiger partial charge on any atom is 0.00238 e. The number of aryl methyl sites for hydroxylation is 2. The summed E-state index contributed by atoms with van der Waals surface area (Å²) in [6.07, 6.45) is 5.03. The van der Waals surface area contributed by atoms with Crippen molar-refractivity contribution < 1.29 is 0 Å². The zero-order chi connectivity index (χ0) is 18.7. The average molecular weight is 467 g/mol. The van der Waals surface area contributed by atoms with Crippen LogP contribution in [0.25, 0.3) is 0 Å². The quantitative estimate of drug-likeness (QED) is 0.191. The van der Waals surface area contributed by atoms with E-state index in [1.807, 2.05) is 23.5 Å². The van der Waals surface area contributed by atoms with Gasteiger partial charge in [0.25, 0.3) is 0 Å². The third-order valence-corrected chi connectivity index (χ3v) is 9.43. The van der Waals surface area contributed by atoms with Gasteiger partial charge in [-0.15, -0.1) is 0 Å². The van der Waals surface area contributed by atoms with Crippen LogP contribution in [-0.2, 0) is 12.8 Å². The molecule has 0 saturated carbocycles. The smallest absolute Gasteiger partial charge is 0.00238 e. The minimum Gasteiger partial charge on any atom is -0.179 e. The molecule has 0 aliphatic rings. The molecule has 1 aromatic carbocycles. The summed E-state index contributed by atoms with van der Waals surface area (Å²) in [4.78, 5) is 0. The van der Waals surface area contributed by atoms with E-state index in [-0.39, 0.29) is 0 Å². The first-order valence-corrected chi connectivity index (χ1v) is 15.4. The second kappa shape index (κ2) is 19.6. The maximum absolute atomic E-state index is 4.24. The highest BCUT2D eigenvalue weighted by atomic mass is 32.2. The Balaban J connectivity index is 1.98. The molecule has 0 aliphatic carbocycles. The van der Waals surface area contributed by atoms with E-state index in [4.69, 9.17) is 0 Å². The first kappa shape index (κ1) is 25.4. The molecule has 0 nitrogen and oxygen atoms in total. The fraction of sp³-hybridized carbons (Fsp3) is 0.700. The molecule has 0 radical (unpaired) electrons. The Morgan fingerprint density at radius 3 is 1.19 bits per heavy atom. The molecule has 0 aromatic heterocycles. The summed E-state index contributed by atoms with van der Waals surface area (Å²) < 4.78 is 0. The highest BCUT2D eigenvalue weighted by Gasteiger charge is 1.98. The van der Waals surface area contributed by atoms with Gasteiger partial charge in [0.2, 0.25) is 0 Å². The highest BCUT2D eigenvalue weighted by Crippen LogP contribution is 2.14. The predicted molar refractivity (Wildman–Crippen MR) is 140 cm³/mol. The SMILES string of the molecule is SCCSCCSCCCc1ccc(CCCSCCSCCS)cc1. The van der Waals surface area contributed by atoms with Gasteiger partial charge in [-0.3, -0.25) is 0 Å². The van der Waals surface area contributed by atoms with E-state index in [1.165, 1.54) is 82.8 Å². The van der Waals surface area contributed by atoms with Crippen LogP contribution in [0.3, 0.4) is 0 Å². The second-order valence-corrected chi connectivity index (χ2v) is 11.7. The van der Waals surface area contributed by atoms with Gasteiger partial charge >= 0.3 is 0 Å². The monoisotopic (exact) mass is 466 g/mol. The largest absolute Gasteiger partial charge is 0.179 e. The van der Waals surface area contributed by atoms with Crippen LogP contribution in [0.2, 0.25) is 0 Å². The molecule has 0 saturated heterocycles. The van der Waals surface area contributed by atoms with Crippen LogP contribution in [0.1, 0.15) is 24.0 Å². The first-order valence-electron chi connectivity index (χ1n) is 9.47. The molecule has 0 spiro atoms. The Kier molecular flexibility index (Phi) is 19.1. The number of thioether (sulfide) groups is 4. The number of hydrogen-bond acceptors (Lipinski definition) is 6. The van der Waals surface area contributed by atoms with E-state index in [0.29, 0.717) is 0 Å². The minimum atomic E-state index is 1.00. The molecular formula is C20H34S6. The van der Waals surface area contributed by atoms with Gasteiger partial charge < -0.3 is 0 Å². The molecule has 0 heterocycles. The Hall–Kier alpha value is 1.32. The first-order chi connectivity index (χ1) is 12.9. The van der Waals surface area contributed by atoms with Gasteiger partial charge in [-0.2, -0.15) is 72.3 Å². The van der Waals surface area contributed by atoms with Crippen LogP contribution >= 0.6 is 72.3 Å². The molecule has 1 rings (SSSR count). The minimum absolute atomic E-state index is 1.00. The lowest BCUT2D eigenvalue weighted by molar-refractivity contribution is 0.915. The van der Waals surface area contributed by atoms with Gasteiger partial charge in [-0.05, 0) is 59.8 Å². The lowest BCUT2D eigenvalue weighted by Gasteiger charge is -2.05. The molecule has 0 bridgehead atoms. The van der Waals surface area contributed by atoms with Crippen LogP contribution in [0, 0.1) is 0 Å². The summed E-state index contributed by atoms with van der Waals surface area (Å²) in [6, 6.07) is 9.35. The summed E-state index contributed by atoms with van der Waals surface area (Å²) in [5.74, 6) is 12.0. The van der Waals surface area contributed by atoms with Gasteiger partial charge in [-0.25, -0.2) is 0 Å². The predicted octanol–water partition coefficient (Wildman–Crippen LogP) is 6.34. The molecule has 1 aromatic rings. The van der Waals surface area contributed by atoms with Crippen molar-refractivity contribution in [3.8, 4) is 0 Å². The summed E-state index contributed by atoms with van der Waals surface area (Å²) in [5, 5.41) is 0. The van der Waals surface area contributed by atoms with Crippen LogP contribution in [-0.4, -0.2) is 57.5 Å². The molecule has 0 aliphatic heterocycles. The van der Waals surface area contributed by atoms with Crippen molar-refractivity contribution in [3.63, 3.8) is 0 Å². The zero-order valence-electron chi connectivity index (χ0n) is 15.7. The summed E-state index contributed by atoms with van der Waals surface area (Å²) >= 11 is 16.7. The summed E-state index contributed by atoms with van der Waals surface area (Å²) in [7, 11) is 0. The Morgan fingerprint density at radius 2 is 0.846 bits per heavy atom. The molecule has 0 amide bonds. The fourth-order valence-corrected chi connectivity index (χ4v) is 6.83. The van der Waals surface area contributed by atoms with E-state index < -0.39 is 0 Å². The van der Waals surface area contributed by atoms with Gasteiger partial charge in [0.05, 0.1) is 0 Å². The third kappa shape index (κ3) is 15.3. The molecule has 26 heavy (non-hydrogen) atoms. The van der Waals surface area contributed by atoms with Crippen molar-refractivity contribution in [3.05, 3.63) is 35.4 Å². The summed E-state index contributed by atoms with van der Waals surface area (Å²) in [5.41, 5.74) is 2.99. The van der Waals surface area contributed by atoms with E-state index in [1.54, 1.807) is 0 Å². The lowest BCUT2D eigenvalue weighted by Crippen LogP contribution is -1.94. The number of hydrogen-bond donors (Lipinski definition) is 2. The third-order valence-electron chi connectivity index (χ3n) is 3.75. The normalized spacial score (nSPS) is 11.2. The molecule has 6 heteroatoms. The molecule has 0 N–H and O–H groups in total. The van der Waals surface area contributed by atoms with Gasteiger partial charge in [0.1, 0.15) is 0 Å². The Labute approximate surface area is 189 Å². The molecule has 0 atom stereocenters. The van der Waals surface area contributed by atoms with Crippen molar-refractivity contribution >= 4 is 72.3 Å². The van der Waals surface area contributed by atoms with Gasteiger partial charge in [0, 0.05) is 34.5 Å². The van der Waals surface area contributed by atoms with Crippen LogP contribution < -0.4 is 0 Å². The number of benzene rings is 1. The number of rotatable bonds is 18. The second-order valence-electron chi connectivity index (χ2n) is 5.92. The van der Waals surface area contributed by atoms with Crippen molar-refractivity contribution in [2.24, 2.45) is 0 Å². The van der Waals surface area contributed by atoms with Crippen molar-refractivity contribution in [2.75, 3.05) is 57.5 Å². The topological polar surface area (TPSA) is 0 Å². The highest BCUT2D eigenvalue weighted by molar-refractivity contribution is 8.03. The maximum atomic E-state index is 4.24. The van der Waals surface area contributed by atoms with Crippen LogP contribution in [0.15, 0.2) is 24.3 Å². The molecule has 0 fully saturated rings. The van der Waals surface area contributed by atoms with Crippen molar-refractivity contribution in [1.82, 2.24) is 0 Å². The average Bonchev–Trinajstić information content (AvgIpc) is 2.67. The van der Waals surface area contributed by atoms with Gasteiger partial charge in [0.15, 0.2) is 0 Å². The van der Waals surface area contributed by atoms with Crippen molar-refractivity contribution in [1.29, 1.82) is 0 Å². The Morgan fingerprint density at radius 1 is 0.500 bits per heavy atom. The van der Waals surface area contributed by atoms with E-state index >= 15 is 0 Å². The molecular weight excluding hydrogens is 433 g/mol. The zero-order valence-corrected chi connectivity index (χ0v) is 20.8. The van der Waals surface area contributed by atoms with E-state index in [2.05, 4.69) is 73.0 Å². The fourth-order valence-electron chi connectivity index (χ4n) is 2.40. The standard InChI is InChI=1S/C20H34S6/c21-9-13-25-17-15-23-11-1-3-19-5-7-20(8-6-19)4-2-12-24-16-18-26-14-10-22/h5-8,21-22H,1-4,9-18H2. The Bertz CT molecular complexity index is 370. The van der Waals surface area contributed by atoms with Crippen molar-refractivity contribution in [2.45, 2.75) is 25.7 Å². The summed E-state index contributed by atoms with van der Waals surface area (Å²) in [6.45, 7) is 0. The van der Waals surface area contributed by atoms with E-state index in [0.717, 1.165) is 11.5 Å². The lowest BCUT2D eigenvalue weighted by atomic mass is 10.1. The van der Waals surface area contributed by atoms with E-state index in [9.17, 15) is 0 Å². The molecule has 150 valence electrons. The van der Waals surface area contributed by atoms with Crippen LogP contribution in [0.5, 0.6) is 0 Å². The molecule has 0 unspecified atom stereocenters. The number of thiol groups is 2.